The molecule has 0 radical (unpaired) electrons. The van der Waals surface area contributed by atoms with E-state index in [9.17, 15) is 9.59 Å². The van der Waals surface area contributed by atoms with Crippen LogP contribution in [0.2, 0.25) is 5.02 Å². The predicted molar refractivity (Wildman–Crippen MR) is 111 cm³/mol. The lowest BCUT2D eigenvalue weighted by atomic mass is 10.1. The number of morpholine rings is 1. The minimum atomic E-state index is -0.331. The molecule has 0 saturated carbocycles. The second-order valence-electron chi connectivity index (χ2n) is 6.80. The molecule has 6 nitrogen and oxygen atoms in total. The minimum Gasteiger partial charge on any atom is -0.370 e. The van der Waals surface area contributed by atoms with Gasteiger partial charge in [0.25, 0.3) is 5.56 Å². The molecule has 0 unspecified atom stereocenters. The van der Waals surface area contributed by atoms with Crippen molar-refractivity contribution in [2.24, 2.45) is 0 Å². The molecule has 0 bridgehead atoms. The Bertz CT molecular complexity index is 1070. The maximum atomic E-state index is 12.9. The van der Waals surface area contributed by atoms with Crippen molar-refractivity contribution < 1.29 is 9.53 Å². The Kier molecular flexibility index (Phi) is 5.74. The lowest BCUT2D eigenvalue weighted by molar-refractivity contribution is -0.139. The molecule has 0 spiro atoms. The molecule has 148 valence electrons. The molecule has 1 atom stereocenters. The van der Waals surface area contributed by atoms with Gasteiger partial charge >= 0.3 is 0 Å². The smallest absolute Gasteiger partial charge is 0.267 e. The molecule has 1 saturated heterocycles. The fourth-order valence-corrected chi connectivity index (χ4v) is 3.58. The van der Waals surface area contributed by atoms with Gasteiger partial charge in [-0.05, 0) is 17.7 Å². The average molecular weight is 410 g/mol. The van der Waals surface area contributed by atoms with E-state index >= 15 is 0 Å². The van der Waals surface area contributed by atoms with E-state index < -0.39 is 0 Å². The summed E-state index contributed by atoms with van der Waals surface area (Å²) in [6, 6.07) is 20.1. The van der Waals surface area contributed by atoms with E-state index in [1.807, 2.05) is 48.5 Å². The Balaban J connectivity index is 1.52. The van der Waals surface area contributed by atoms with Crippen LogP contribution >= 0.6 is 11.6 Å². The molecular weight excluding hydrogens is 390 g/mol. The Labute approximate surface area is 173 Å². The first kappa shape index (κ1) is 19.4. The van der Waals surface area contributed by atoms with E-state index in [1.54, 1.807) is 17.0 Å². The largest absolute Gasteiger partial charge is 0.370 e. The van der Waals surface area contributed by atoms with Gasteiger partial charge in [-0.15, -0.1) is 0 Å². The average Bonchev–Trinajstić information content (AvgIpc) is 2.76. The summed E-state index contributed by atoms with van der Waals surface area (Å²) in [6.07, 6.45) is -0.173. The second kappa shape index (κ2) is 8.59. The molecule has 29 heavy (non-hydrogen) atoms. The number of aromatic nitrogens is 2. The lowest BCUT2D eigenvalue weighted by Crippen LogP contribution is -2.44. The molecule has 1 amide bonds. The van der Waals surface area contributed by atoms with Crippen molar-refractivity contribution in [2.75, 3.05) is 19.7 Å². The number of carbonyl (C=O) groups is 1. The van der Waals surface area contributed by atoms with E-state index in [-0.39, 0.29) is 24.1 Å². The first-order chi connectivity index (χ1) is 14.1. The number of benzene rings is 2. The number of halogens is 1. The number of ether oxygens (including phenoxy) is 1. The van der Waals surface area contributed by atoms with Crippen molar-refractivity contribution in [3.8, 4) is 11.3 Å². The van der Waals surface area contributed by atoms with E-state index in [1.165, 1.54) is 10.7 Å². The van der Waals surface area contributed by atoms with E-state index in [4.69, 9.17) is 16.3 Å². The Morgan fingerprint density at radius 2 is 1.83 bits per heavy atom. The van der Waals surface area contributed by atoms with E-state index in [0.29, 0.717) is 36.0 Å². The summed E-state index contributed by atoms with van der Waals surface area (Å²) in [5, 5.41) is 4.89. The van der Waals surface area contributed by atoms with Crippen molar-refractivity contribution in [1.82, 2.24) is 14.7 Å². The van der Waals surface area contributed by atoms with Gasteiger partial charge in [0, 0.05) is 18.2 Å². The zero-order valence-electron chi connectivity index (χ0n) is 15.7. The number of hydrogen-bond acceptors (Lipinski definition) is 4. The fraction of sp³-hybridized carbons (Fsp3) is 0.227. The molecular formula is C22H20ClN3O3. The van der Waals surface area contributed by atoms with Crippen LogP contribution in [0.5, 0.6) is 0 Å². The highest BCUT2D eigenvalue weighted by Crippen LogP contribution is 2.25. The van der Waals surface area contributed by atoms with Crippen LogP contribution in [0.4, 0.5) is 0 Å². The summed E-state index contributed by atoms with van der Waals surface area (Å²) < 4.78 is 7.00. The zero-order valence-corrected chi connectivity index (χ0v) is 16.5. The van der Waals surface area contributed by atoms with Gasteiger partial charge in [0.1, 0.15) is 12.6 Å². The van der Waals surface area contributed by atoms with Crippen LogP contribution in [0.15, 0.2) is 71.5 Å². The summed E-state index contributed by atoms with van der Waals surface area (Å²) >= 11 is 6.24. The predicted octanol–water partition coefficient (Wildman–Crippen LogP) is 3.16. The van der Waals surface area contributed by atoms with Crippen LogP contribution in [0, 0.1) is 0 Å². The van der Waals surface area contributed by atoms with Gasteiger partial charge in [-0.2, -0.15) is 5.10 Å². The van der Waals surface area contributed by atoms with E-state index in [2.05, 4.69) is 5.10 Å². The third-order valence-corrected chi connectivity index (χ3v) is 5.22. The molecule has 2 aromatic carbocycles. The molecule has 2 heterocycles. The van der Waals surface area contributed by atoms with Crippen molar-refractivity contribution in [3.63, 3.8) is 0 Å². The van der Waals surface area contributed by atoms with Crippen LogP contribution in [-0.2, 0) is 16.1 Å². The van der Waals surface area contributed by atoms with E-state index in [0.717, 1.165) is 5.56 Å². The van der Waals surface area contributed by atoms with Crippen LogP contribution in [-0.4, -0.2) is 40.3 Å². The highest BCUT2D eigenvalue weighted by atomic mass is 35.5. The van der Waals surface area contributed by atoms with Crippen molar-refractivity contribution >= 4 is 17.5 Å². The summed E-state index contributed by atoms with van der Waals surface area (Å²) in [4.78, 5) is 26.8. The van der Waals surface area contributed by atoms with Crippen LogP contribution in [0.25, 0.3) is 11.3 Å². The normalized spacial score (nSPS) is 16.6. The van der Waals surface area contributed by atoms with Gasteiger partial charge in [0.2, 0.25) is 5.91 Å². The quantitative estimate of drug-likeness (QED) is 0.664. The molecule has 0 N–H and O–H groups in total. The summed E-state index contributed by atoms with van der Waals surface area (Å²) in [5.41, 5.74) is 1.96. The van der Waals surface area contributed by atoms with Crippen LogP contribution < -0.4 is 5.56 Å². The molecule has 1 aliphatic rings. The SMILES string of the molecule is O=C(Cn1nc(-c2ccccc2Cl)ccc1=O)N1CCO[C@@H](c2ccccc2)C1. The standard InChI is InChI=1S/C22H20ClN3O3/c23-18-9-5-4-8-17(18)19-10-11-21(27)26(24-19)15-22(28)25-12-13-29-20(14-25)16-6-2-1-3-7-16/h1-11,20H,12-15H2/t20-/m1/s1. The van der Waals surface area contributed by atoms with Crippen molar-refractivity contribution in [3.05, 3.63) is 87.7 Å². The topological polar surface area (TPSA) is 64.4 Å². The van der Waals surface area contributed by atoms with Gasteiger partial charge in [-0.1, -0.05) is 60.1 Å². The molecule has 1 aromatic heterocycles. The number of rotatable bonds is 4. The summed E-state index contributed by atoms with van der Waals surface area (Å²) in [5.74, 6) is -0.167. The van der Waals surface area contributed by atoms with Crippen molar-refractivity contribution in [1.29, 1.82) is 0 Å². The highest BCUT2D eigenvalue weighted by molar-refractivity contribution is 6.33. The Morgan fingerprint density at radius 1 is 1.07 bits per heavy atom. The third kappa shape index (κ3) is 4.39. The highest BCUT2D eigenvalue weighted by Gasteiger charge is 2.25. The van der Waals surface area contributed by atoms with Gasteiger partial charge < -0.3 is 9.64 Å². The minimum absolute atomic E-state index is 0.126. The van der Waals surface area contributed by atoms with Gasteiger partial charge in [0.15, 0.2) is 0 Å². The monoisotopic (exact) mass is 409 g/mol. The van der Waals surface area contributed by atoms with Crippen LogP contribution in [0.1, 0.15) is 11.7 Å². The molecule has 0 aliphatic carbocycles. The number of nitrogens with zero attached hydrogens (tertiary/aromatic N) is 3. The zero-order chi connectivity index (χ0) is 20.2. The lowest BCUT2D eigenvalue weighted by Gasteiger charge is -2.33. The molecule has 1 aliphatic heterocycles. The van der Waals surface area contributed by atoms with Gasteiger partial charge in [-0.3, -0.25) is 9.59 Å². The number of hydrogen-bond donors (Lipinski definition) is 0. The first-order valence-corrected chi connectivity index (χ1v) is 9.77. The molecule has 3 aromatic rings. The first-order valence-electron chi connectivity index (χ1n) is 9.39. The fourth-order valence-electron chi connectivity index (χ4n) is 3.35. The maximum Gasteiger partial charge on any atom is 0.267 e. The summed E-state index contributed by atoms with van der Waals surface area (Å²) in [6.45, 7) is 1.26. The third-order valence-electron chi connectivity index (χ3n) is 4.89. The van der Waals surface area contributed by atoms with Gasteiger partial charge in [0.05, 0.1) is 23.9 Å². The van der Waals surface area contributed by atoms with Crippen molar-refractivity contribution in [2.45, 2.75) is 12.6 Å². The molecule has 4 rings (SSSR count). The van der Waals surface area contributed by atoms with Gasteiger partial charge in [-0.25, -0.2) is 4.68 Å². The maximum absolute atomic E-state index is 12.9. The second-order valence-corrected chi connectivity index (χ2v) is 7.21. The summed E-state index contributed by atoms with van der Waals surface area (Å²) in [7, 11) is 0. The molecule has 1 fully saturated rings. The number of carbonyl (C=O) groups excluding carboxylic acids is 1. The Hall–Kier alpha value is -2.96. The Morgan fingerprint density at radius 3 is 2.62 bits per heavy atom. The van der Waals surface area contributed by atoms with Crippen LogP contribution in [0.3, 0.4) is 0 Å². The number of amides is 1. The molecule has 7 heteroatoms.